The normalized spacial score (nSPS) is 10.8. The molecule has 0 atom stereocenters. The minimum atomic E-state index is -0.171. The molecule has 0 spiro atoms. The maximum absolute atomic E-state index is 12.3. The molecule has 0 saturated carbocycles. The summed E-state index contributed by atoms with van der Waals surface area (Å²) in [7, 11) is 0. The first kappa shape index (κ1) is 16.7. The highest BCUT2D eigenvalue weighted by Crippen LogP contribution is 2.09. The molecule has 3 heteroatoms. The Morgan fingerprint density at radius 2 is 1.72 bits per heavy atom. The van der Waals surface area contributed by atoms with Gasteiger partial charge in [-0.3, -0.25) is 9.78 Å². The fourth-order valence-corrected chi connectivity index (χ4v) is 2.41. The number of nitrogens with zero attached hydrogens (tertiary/aromatic N) is 1. The topological polar surface area (TPSA) is 42.0 Å². The van der Waals surface area contributed by atoms with Crippen molar-refractivity contribution in [3.8, 4) is 0 Å². The van der Waals surface area contributed by atoms with Gasteiger partial charge in [0.25, 0.3) is 5.91 Å². The van der Waals surface area contributed by atoms with E-state index < -0.39 is 0 Å². The first-order valence-corrected chi connectivity index (χ1v) is 8.24. The van der Waals surface area contributed by atoms with Crippen LogP contribution in [0.15, 0.2) is 72.9 Å². The highest BCUT2D eigenvalue weighted by Gasteiger charge is 2.07. The molecule has 1 N–H and O–H groups in total. The summed E-state index contributed by atoms with van der Waals surface area (Å²) in [5, 5.41) is 2.91. The Labute approximate surface area is 149 Å². The van der Waals surface area contributed by atoms with Gasteiger partial charge >= 0.3 is 0 Å². The Balaban J connectivity index is 0.00000243. The lowest BCUT2D eigenvalue weighted by molar-refractivity contribution is 0.0946. The van der Waals surface area contributed by atoms with Crippen LogP contribution in [0.2, 0.25) is 0 Å². The molecular weight excluding hydrogens is 308 g/mol. The van der Waals surface area contributed by atoms with E-state index in [9.17, 15) is 4.79 Å². The highest BCUT2D eigenvalue weighted by molar-refractivity contribution is 5.93. The molecule has 0 saturated heterocycles. The van der Waals surface area contributed by atoms with Gasteiger partial charge in [-0.1, -0.05) is 72.3 Å². The summed E-state index contributed by atoms with van der Waals surface area (Å²) in [5.74, 6) is -0.171. The zero-order valence-corrected chi connectivity index (χ0v) is 14.1. The number of aryl methyl sites for hydroxylation is 1. The number of nitrogens with one attached hydrogen (secondary N) is 1. The molecule has 0 aliphatic rings. The van der Waals surface area contributed by atoms with E-state index in [1.165, 1.54) is 5.56 Å². The maximum atomic E-state index is 12.3. The summed E-state index contributed by atoms with van der Waals surface area (Å²) in [6.45, 7) is 2.53. The quantitative estimate of drug-likeness (QED) is 0.734. The molecule has 1 heterocycles. The summed E-state index contributed by atoms with van der Waals surface area (Å²) in [5.41, 5.74) is 4.75. The van der Waals surface area contributed by atoms with Crippen LogP contribution >= 0.6 is 0 Å². The van der Waals surface area contributed by atoms with E-state index in [2.05, 4.69) is 10.3 Å². The zero-order valence-electron chi connectivity index (χ0n) is 14.1. The van der Waals surface area contributed by atoms with Gasteiger partial charge in [-0.05, 0) is 35.7 Å². The molecule has 0 bridgehead atoms. The third-order valence-corrected chi connectivity index (χ3v) is 3.86. The number of pyridine rings is 1. The number of amides is 1. The second-order valence-electron chi connectivity index (χ2n) is 5.89. The van der Waals surface area contributed by atoms with Gasteiger partial charge in [0.15, 0.2) is 0 Å². The van der Waals surface area contributed by atoms with Crippen LogP contribution in [-0.4, -0.2) is 10.9 Å². The van der Waals surface area contributed by atoms with Crippen molar-refractivity contribution in [3.63, 3.8) is 0 Å². The van der Waals surface area contributed by atoms with Crippen LogP contribution in [0.25, 0.3) is 12.2 Å². The van der Waals surface area contributed by atoms with Crippen molar-refractivity contribution < 1.29 is 6.22 Å². The van der Waals surface area contributed by atoms with Gasteiger partial charge in [0, 0.05) is 14.2 Å². The van der Waals surface area contributed by atoms with Crippen molar-refractivity contribution in [2.24, 2.45) is 0 Å². The molecule has 0 unspecified atom stereocenters. The number of carbonyl (C=O) groups is 1. The Morgan fingerprint density at radius 3 is 2.48 bits per heavy atom. The molecule has 3 aromatic rings. The molecule has 2 aromatic carbocycles. The molecule has 3 nitrogen and oxygen atoms in total. The minimum Gasteiger partial charge on any atom is -0.347 e. The van der Waals surface area contributed by atoms with E-state index in [1.54, 1.807) is 12.3 Å². The smallest absolute Gasteiger partial charge is 0.270 e. The monoisotopic (exact) mass is 330 g/mol. The Morgan fingerprint density at radius 1 is 1.00 bits per heavy atom. The first-order chi connectivity index (χ1) is 12.2. The van der Waals surface area contributed by atoms with Crippen LogP contribution in [0.4, 0.5) is 0 Å². The van der Waals surface area contributed by atoms with Gasteiger partial charge in [0.1, 0.15) is 5.69 Å². The summed E-state index contributed by atoms with van der Waals surface area (Å²) in [4.78, 5) is 16.5. The third kappa shape index (κ3) is 4.88. The average molecular weight is 330 g/mol. The Bertz CT molecular complexity index is 874. The van der Waals surface area contributed by atoms with Crippen LogP contribution < -0.4 is 5.32 Å². The first-order valence-electron chi connectivity index (χ1n) is 8.24. The van der Waals surface area contributed by atoms with E-state index in [4.69, 9.17) is 0 Å². The number of benzene rings is 2. The molecule has 126 valence electrons. The zero-order chi connectivity index (χ0) is 17.5. The minimum absolute atomic E-state index is 0. The predicted molar refractivity (Wildman–Crippen MR) is 104 cm³/mol. The molecule has 1 aromatic heterocycles. The van der Waals surface area contributed by atoms with Crippen LogP contribution in [0.1, 0.15) is 34.2 Å². The van der Waals surface area contributed by atoms with Gasteiger partial charge in [0.2, 0.25) is 0 Å². The second kappa shape index (κ2) is 8.06. The molecular formula is C22H22N2O. The predicted octanol–water partition coefficient (Wildman–Crippen LogP) is 4.74. The van der Waals surface area contributed by atoms with Crippen LogP contribution in [0.5, 0.6) is 0 Å². The molecule has 3 rings (SSSR count). The fraction of sp³-hybridized carbons (Fsp3) is 0.0909. The standard InChI is InChI=1S/C22H20N2O.H2/c1-17-7-9-20(10-8-17)16-24-22(25)21-15-19(13-14-23-21)12-11-18-5-3-2-4-6-18;/h2-15H,16H2,1H3,(H,24,25);1H/b12-11+;. The van der Waals surface area contributed by atoms with Gasteiger partial charge < -0.3 is 5.32 Å². The molecule has 0 aliphatic heterocycles. The van der Waals surface area contributed by atoms with Gasteiger partial charge in [-0.25, -0.2) is 0 Å². The summed E-state index contributed by atoms with van der Waals surface area (Å²) >= 11 is 0. The molecule has 0 fully saturated rings. The van der Waals surface area contributed by atoms with E-state index in [-0.39, 0.29) is 7.33 Å². The van der Waals surface area contributed by atoms with E-state index in [1.807, 2.05) is 79.7 Å². The lowest BCUT2D eigenvalue weighted by Crippen LogP contribution is -2.23. The maximum Gasteiger partial charge on any atom is 0.270 e. The molecule has 0 radical (unpaired) electrons. The highest BCUT2D eigenvalue weighted by atomic mass is 16.1. The van der Waals surface area contributed by atoms with Gasteiger partial charge in [-0.2, -0.15) is 0 Å². The lowest BCUT2D eigenvalue weighted by Gasteiger charge is -2.06. The average Bonchev–Trinajstić information content (AvgIpc) is 2.67. The lowest BCUT2D eigenvalue weighted by atomic mass is 10.1. The van der Waals surface area contributed by atoms with Crippen molar-refractivity contribution in [1.29, 1.82) is 0 Å². The summed E-state index contributed by atoms with van der Waals surface area (Å²) < 4.78 is 0. The van der Waals surface area contributed by atoms with Crippen molar-refractivity contribution in [2.45, 2.75) is 13.5 Å². The van der Waals surface area contributed by atoms with Crippen LogP contribution in [-0.2, 0) is 6.54 Å². The molecule has 25 heavy (non-hydrogen) atoms. The SMILES string of the molecule is Cc1ccc(CNC(=O)c2cc(/C=C/c3ccccc3)ccn2)cc1.[HH]. The number of hydrogen-bond donors (Lipinski definition) is 1. The van der Waals surface area contributed by atoms with Crippen molar-refractivity contribution in [1.82, 2.24) is 10.3 Å². The Hall–Kier alpha value is -3.20. The molecule has 0 aliphatic carbocycles. The van der Waals surface area contributed by atoms with E-state index in [0.29, 0.717) is 12.2 Å². The van der Waals surface area contributed by atoms with Crippen molar-refractivity contribution in [2.75, 3.05) is 0 Å². The fourth-order valence-electron chi connectivity index (χ4n) is 2.41. The number of rotatable bonds is 5. The third-order valence-electron chi connectivity index (χ3n) is 3.86. The summed E-state index contributed by atoms with van der Waals surface area (Å²) in [6, 6.07) is 21.8. The van der Waals surface area contributed by atoms with Gasteiger partial charge in [-0.15, -0.1) is 0 Å². The van der Waals surface area contributed by atoms with Gasteiger partial charge in [0.05, 0.1) is 0 Å². The largest absolute Gasteiger partial charge is 0.347 e. The Kier molecular flexibility index (Phi) is 5.37. The number of carbonyl (C=O) groups excluding carboxylic acids is 1. The summed E-state index contributed by atoms with van der Waals surface area (Å²) in [6.07, 6.45) is 5.66. The van der Waals surface area contributed by atoms with E-state index in [0.717, 1.165) is 16.7 Å². The van der Waals surface area contributed by atoms with Crippen LogP contribution in [0, 0.1) is 6.92 Å². The number of hydrogen-bond acceptors (Lipinski definition) is 2. The van der Waals surface area contributed by atoms with Crippen LogP contribution in [0.3, 0.4) is 0 Å². The van der Waals surface area contributed by atoms with Crippen molar-refractivity contribution >= 4 is 18.1 Å². The number of aromatic nitrogens is 1. The van der Waals surface area contributed by atoms with E-state index >= 15 is 0 Å². The molecule has 1 amide bonds. The van der Waals surface area contributed by atoms with Crippen molar-refractivity contribution in [3.05, 3.63) is 101 Å². The second-order valence-corrected chi connectivity index (χ2v) is 5.89.